The second kappa shape index (κ2) is 7.97. The summed E-state index contributed by atoms with van der Waals surface area (Å²) < 4.78 is 0. The third-order valence-electron chi connectivity index (χ3n) is 3.66. The third-order valence-corrected chi connectivity index (χ3v) is 3.92. The number of quaternary nitrogens is 1. The van der Waals surface area contributed by atoms with E-state index in [1.165, 1.54) is 5.56 Å². The van der Waals surface area contributed by atoms with Crippen LogP contribution in [0.5, 0.6) is 0 Å². The molecule has 0 aliphatic carbocycles. The molecule has 2 aromatic carbocycles. The number of hydrogen-bond acceptors (Lipinski definition) is 1. The summed E-state index contributed by atoms with van der Waals surface area (Å²) in [5, 5.41) is 5.69. The van der Waals surface area contributed by atoms with Crippen LogP contribution in [-0.4, -0.2) is 11.9 Å². The predicted molar refractivity (Wildman–Crippen MR) is 91.0 cm³/mol. The number of anilines is 1. The van der Waals surface area contributed by atoms with Crippen molar-refractivity contribution in [2.45, 2.75) is 32.9 Å². The number of hydrogen-bond donors (Lipinski definition) is 2. The van der Waals surface area contributed by atoms with Gasteiger partial charge < -0.3 is 10.6 Å². The molecular weight excluding hydrogens is 296 g/mol. The smallest absolute Gasteiger partial charge is 0.282 e. The van der Waals surface area contributed by atoms with E-state index in [1.807, 2.05) is 60.8 Å². The summed E-state index contributed by atoms with van der Waals surface area (Å²) in [5.41, 5.74) is 3.26. The van der Waals surface area contributed by atoms with E-state index < -0.39 is 0 Å². The molecule has 22 heavy (non-hydrogen) atoms. The lowest BCUT2D eigenvalue weighted by atomic mass is 10.1. The molecule has 116 valence electrons. The maximum atomic E-state index is 12.2. The largest absolute Gasteiger partial charge is 0.333 e. The van der Waals surface area contributed by atoms with Gasteiger partial charge in [0.2, 0.25) is 0 Å². The lowest BCUT2D eigenvalue weighted by Gasteiger charge is -2.12. The van der Waals surface area contributed by atoms with Crippen LogP contribution in [0.3, 0.4) is 0 Å². The van der Waals surface area contributed by atoms with Gasteiger partial charge in [-0.1, -0.05) is 42.8 Å². The van der Waals surface area contributed by atoms with Crippen molar-refractivity contribution in [1.29, 1.82) is 0 Å². The molecule has 0 radical (unpaired) electrons. The number of halogens is 1. The standard InChI is InChI=1S/C18H21ClN2O/c1-3-14-6-10-17(11-7-14)21-18(22)13(2)20-12-15-4-8-16(19)9-5-15/h4-11,13,20H,3,12H2,1-2H3,(H,21,22)/p+1/t13-/m1/s1. The van der Waals surface area contributed by atoms with E-state index in [1.54, 1.807) is 0 Å². The Kier molecular flexibility index (Phi) is 5.99. The van der Waals surface area contributed by atoms with Crippen LogP contribution in [0.25, 0.3) is 0 Å². The van der Waals surface area contributed by atoms with Gasteiger partial charge in [-0.15, -0.1) is 0 Å². The van der Waals surface area contributed by atoms with Crippen molar-refractivity contribution >= 4 is 23.2 Å². The first-order valence-corrected chi connectivity index (χ1v) is 7.94. The molecule has 2 rings (SSSR count). The fraction of sp³-hybridized carbons (Fsp3) is 0.278. The number of carbonyl (C=O) groups is 1. The molecule has 0 fully saturated rings. The summed E-state index contributed by atoms with van der Waals surface area (Å²) in [4.78, 5) is 12.2. The predicted octanol–water partition coefficient (Wildman–Crippen LogP) is 2.99. The molecule has 0 heterocycles. The molecule has 3 N–H and O–H groups in total. The maximum Gasteiger partial charge on any atom is 0.282 e. The van der Waals surface area contributed by atoms with Gasteiger partial charge in [-0.3, -0.25) is 4.79 Å². The molecular formula is C18H22ClN2O+. The van der Waals surface area contributed by atoms with Crippen molar-refractivity contribution in [3.8, 4) is 0 Å². The molecule has 4 heteroatoms. The van der Waals surface area contributed by atoms with Crippen molar-refractivity contribution in [2.24, 2.45) is 0 Å². The topological polar surface area (TPSA) is 45.7 Å². The van der Waals surface area contributed by atoms with Gasteiger partial charge in [0.1, 0.15) is 6.54 Å². The monoisotopic (exact) mass is 317 g/mol. The number of aryl methyl sites for hydroxylation is 1. The molecule has 0 aliphatic heterocycles. The second-order valence-electron chi connectivity index (χ2n) is 5.39. The molecule has 0 saturated heterocycles. The molecule has 3 nitrogen and oxygen atoms in total. The lowest BCUT2D eigenvalue weighted by Crippen LogP contribution is -2.90. The van der Waals surface area contributed by atoms with Gasteiger partial charge in [0, 0.05) is 16.3 Å². The quantitative estimate of drug-likeness (QED) is 0.845. The summed E-state index contributed by atoms with van der Waals surface area (Å²) in [6.07, 6.45) is 1.000. The third kappa shape index (κ3) is 4.86. The van der Waals surface area contributed by atoms with Crippen LogP contribution in [0.15, 0.2) is 48.5 Å². The summed E-state index contributed by atoms with van der Waals surface area (Å²) in [6.45, 7) is 4.77. The van der Waals surface area contributed by atoms with Gasteiger partial charge in [0.25, 0.3) is 5.91 Å². The van der Waals surface area contributed by atoms with Crippen LogP contribution in [0.1, 0.15) is 25.0 Å². The zero-order valence-electron chi connectivity index (χ0n) is 13.0. The number of nitrogens with one attached hydrogen (secondary N) is 1. The Bertz CT molecular complexity index is 608. The van der Waals surface area contributed by atoms with E-state index >= 15 is 0 Å². The van der Waals surface area contributed by atoms with Crippen molar-refractivity contribution < 1.29 is 10.1 Å². The fourth-order valence-electron chi connectivity index (χ4n) is 2.12. The first kappa shape index (κ1) is 16.5. The Hall–Kier alpha value is -1.84. The SMILES string of the molecule is CCc1ccc(NC(=O)[C@@H](C)[NH2+]Cc2ccc(Cl)cc2)cc1. The lowest BCUT2D eigenvalue weighted by molar-refractivity contribution is -0.688. The molecule has 1 atom stereocenters. The highest BCUT2D eigenvalue weighted by atomic mass is 35.5. The Morgan fingerprint density at radius 2 is 1.68 bits per heavy atom. The van der Waals surface area contributed by atoms with Crippen LogP contribution in [0.2, 0.25) is 5.02 Å². The molecule has 0 spiro atoms. The van der Waals surface area contributed by atoms with E-state index in [-0.39, 0.29) is 11.9 Å². The number of carbonyl (C=O) groups excluding carboxylic acids is 1. The first-order valence-electron chi connectivity index (χ1n) is 7.56. The molecule has 0 saturated carbocycles. The van der Waals surface area contributed by atoms with Gasteiger partial charge >= 0.3 is 0 Å². The minimum Gasteiger partial charge on any atom is -0.333 e. The summed E-state index contributed by atoms with van der Waals surface area (Å²) in [6, 6.07) is 15.5. The first-order chi connectivity index (χ1) is 10.6. The Morgan fingerprint density at radius 1 is 1.09 bits per heavy atom. The summed E-state index contributed by atoms with van der Waals surface area (Å²) in [5.74, 6) is 0.0122. The molecule has 0 aliphatic rings. The van der Waals surface area contributed by atoms with Gasteiger partial charge in [-0.05, 0) is 43.2 Å². The fourth-order valence-corrected chi connectivity index (χ4v) is 2.25. The molecule has 2 aromatic rings. The average molecular weight is 318 g/mol. The van der Waals surface area contributed by atoms with E-state index in [2.05, 4.69) is 12.2 Å². The number of benzene rings is 2. The van der Waals surface area contributed by atoms with Crippen molar-refractivity contribution in [1.82, 2.24) is 0 Å². The average Bonchev–Trinajstić information content (AvgIpc) is 2.54. The summed E-state index contributed by atoms with van der Waals surface area (Å²) >= 11 is 5.86. The Labute approximate surface area is 136 Å². The van der Waals surface area contributed by atoms with Crippen LogP contribution in [0, 0.1) is 0 Å². The Balaban J connectivity index is 1.84. The van der Waals surface area contributed by atoms with Crippen LogP contribution in [0.4, 0.5) is 5.69 Å². The van der Waals surface area contributed by atoms with Crippen molar-refractivity contribution in [2.75, 3.05) is 5.32 Å². The highest BCUT2D eigenvalue weighted by Crippen LogP contribution is 2.10. The normalized spacial score (nSPS) is 12.0. The van der Waals surface area contributed by atoms with Crippen molar-refractivity contribution in [3.05, 3.63) is 64.7 Å². The van der Waals surface area contributed by atoms with Gasteiger partial charge in [-0.2, -0.15) is 0 Å². The Morgan fingerprint density at radius 3 is 2.27 bits per heavy atom. The second-order valence-corrected chi connectivity index (χ2v) is 5.83. The van der Waals surface area contributed by atoms with Crippen molar-refractivity contribution in [3.63, 3.8) is 0 Å². The highest BCUT2D eigenvalue weighted by Gasteiger charge is 2.15. The van der Waals surface area contributed by atoms with Gasteiger partial charge in [0.15, 0.2) is 6.04 Å². The van der Waals surface area contributed by atoms with Crippen LogP contribution < -0.4 is 10.6 Å². The van der Waals surface area contributed by atoms with Gasteiger partial charge in [-0.25, -0.2) is 0 Å². The minimum absolute atomic E-state index is 0.0122. The zero-order chi connectivity index (χ0) is 15.9. The molecule has 0 bridgehead atoms. The van der Waals surface area contributed by atoms with Crippen LogP contribution >= 0.6 is 11.6 Å². The zero-order valence-corrected chi connectivity index (χ0v) is 13.7. The maximum absolute atomic E-state index is 12.2. The molecule has 1 amide bonds. The van der Waals surface area contributed by atoms with E-state index in [0.717, 1.165) is 29.2 Å². The highest BCUT2D eigenvalue weighted by molar-refractivity contribution is 6.30. The van der Waals surface area contributed by atoms with Gasteiger partial charge in [0.05, 0.1) is 0 Å². The number of amides is 1. The molecule has 0 aromatic heterocycles. The number of rotatable bonds is 6. The number of nitrogens with two attached hydrogens (primary N) is 1. The minimum atomic E-state index is -0.151. The van der Waals surface area contributed by atoms with E-state index in [4.69, 9.17) is 11.6 Å². The van der Waals surface area contributed by atoms with E-state index in [0.29, 0.717) is 0 Å². The van der Waals surface area contributed by atoms with Crippen LogP contribution in [-0.2, 0) is 17.8 Å². The summed E-state index contributed by atoms with van der Waals surface area (Å²) in [7, 11) is 0. The molecule has 0 unspecified atom stereocenters. The van der Waals surface area contributed by atoms with E-state index in [9.17, 15) is 4.79 Å².